The van der Waals surface area contributed by atoms with E-state index in [-0.39, 0.29) is 10.6 Å². The first-order chi connectivity index (χ1) is 11.1. The second-order valence-electron chi connectivity index (χ2n) is 4.27. The molecule has 3 aromatic rings. The maximum Gasteiger partial charge on any atom is 0.387 e. The molecular weight excluding hydrogens is 328 g/mol. The van der Waals surface area contributed by atoms with E-state index in [0.717, 1.165) is 11.3 Å². The number of benzene rings is 1. The van der Waals surface area contributed by atoms with Crippen LogP contribution in [-0.4, -0.2) is 22.7 Å². The van der Waals surface area contributed by atoms with Gasteiger partial charge in [-0.3, -0.25) is 4.79 Å². The topological polar surface area (TPSA) is 77.3 Å². The zero-order valence-electron chi connectivity index (χ0n) is 11.4. The van der Waals surface area contributed by atoms with Gasteiger partial charge in [-0.2, -0.15) is 8.78 Å². The van der Waals surface area contributed by atoms with Crippen LogP contribution in [0.5, 0.6) is 5.75 Å². The number of carbonyl (C=O) groups excluding carboxylic acids is 1. The molecule has 2 aromatic heterocycles. The second-order valence-corrected chi connectivity index (χ2v) is 5.18. The summed E-state index contributed by atoms with van der Waals surface area (Å²) < 4.78 is 33.9. The van der Waals surface area contributed by atoms with E-state index in [0.29, 0.717) is 17.1 Å². The lowest BCUT2D eigenvalue weighted by Crippen LogP contribution is -2.12. The van der Waals surface area contributed by atoms with E-state index in [9.17, 15) is 13.6 Å². The third-order valence-corrected chi connectivity index (χ3v) is 3.70. The van der Waals surface area contributed by atoms with Crippen molar-refractivity contribution in [3.63, 3.8) is 0 Å². The maximum absolute atomic E-state index is 12.3. The van der Waals surface area contributed by atoms with E-state index in [1.54, 1.807) is 24.3 Å². The Kier molecular flexibility index (Phi) is 4.29. The lowest BCUT2D eigenvalue weighted by molar-refractivity contribution is -0.0498. The number of rotatable bonds is 5. The smallest absolute Gasteiger partial charge is 0.387 e. The Bertz CT molecular complexity index is 788. The van der Waals surface area contributed by atoms with E-state index in [1.165, 1.54) is 17.8 Å². The minimum Gasteiger partial charge on any atom is -0.433 e. The number of hydrogen-bond donors (Lipinski definition) is 1. The van der Waals surface area contributed by atoms with Gasteiger partial charge >= 0.3 is 6.61 Å². The summed E-state index contributed by atoms with van der Waals surface area (Å²) in [6.45, 7) is -2.98. The Morgan fingerprint density at radius 3 is 2.70 bits per heavy atom. The number of amides is 1. The minimum absolute atomic E-state index is 0.0753. The highest BCUT2D eigenvalue weighted by atomic mass is 32.1. The van der Waals surface area contributed by atoms with Crippen LogP contribution in [0.1, 0.15) is 9.67 Å². The summed E-state index contributed by atoms with van der Waals surface area (Å²) in [7, 11) is 0. The molecule has 1 amide bonds. The number of nitrogens with one attached hydrogen (secondary N) is 1. The van der Waals surface area contributed by atoms with E-state index < -0.39 is 12.5 Å². The third kappa shape index (κ3) is 3.51. The number of alkyl halides is 2. The number of hydrogen-bond acceptors (Lipinski definition) is 6. The molecule has 118 valence electrons. The molecule has 2 heterocycles. The summed E-state index contributed by atoms with van der Waals surface area (Å²) in [5, 5.41) is 11.5. The molecule has 0 aliphatic carbocycles. The van der Waals surface area contributed by atoms with Gasteiger partial charge in [0.15, 0.2) is 0 Å². The van der Waals surface area contributed by atoms with Gasteiger partial charge in [-0.1, -0.05) is 0 Å². The molecule has 0 saturated heterocycles. The van der Waals surface area contributed by atoms with Crippen LogP contribution in [0.15, 0.2) is 46.5 Å². The second kappa shape index (κ2) is 6.53. The Morgan fingerprint density at radius 2 is 2.04 bits per heavy atom. The Hall–Kier alpha value is -2.81. The van der Waals surface area contributed by atoms with Crippen molar-refractivity contribution in [1.82, 2.24) is 10.2 Å². The largest absolute Gasteiger partial charge is 0.433 e. The van der Waals surface area contributed by atoms with Crippen LogP contribution >= 0.6 is 11.3 Å². The van der Waals surface area contributed by atoms with Gasteiger partial charge in [0.2, 0.25) is 12.3 Å². The molecule has 0 unspecified atom stereocenters. The quantitative estimate of drug-likeness (QED) is 0.769. The van der Waals surface area contributed by atoms with Crippen molar-refractivity contribution in [3.8, 4) is 17.2 Å². The fourth-order valence-corrected chi connectivity index (χ4v) is 2.55. The number of ether oxygens (including phenoxy) is 1. The molecule has 0 fully saturated rings. The lowest BCUT2D eigenvalue weighted by Gasteiger charge is -2.07. The number of halogens is 2. The molecule has 3 rings (SSSR count). The first-order valence-corrected chi connectivity index (χ1v) is 7.21. The molecule has 0 bridgehead atoms. The minimum atomic E-state index is -2.98. The fraction of sp³-hybridized carbons (Fsp3) is 0.0714. The molecule has 0 aliphatic rings. The molecule has 6 nitrogen and oxygen atoms in total. The summed E-state index contributed by atoms with van der Waals surface area (Å²) in [6.07, 6.45) is 1.21. The standard InChI is InChI=1S/C14H9F2N3O3S/c15-14(16)22-10-5-6-23-11(10)12(20)18-9-3-1-8(2-4-9)13-19-17-7-21-13/h1-7,14H,(H,18,20). The number of carbonyl (C=O) groups is 1. The van der Waals surface area contributed by atoms with Gasteiger partial charge in [-0.05, 0) is 35.7 Å². The van der Waals surface area contributed by atoms with Gasteiger partial charge in [0.25, 0.3) is 5.91 Å². The van der Waals surface area contributed by atoms with Crippen LogP contribution in [-0.2, 0) is 0 Å². The van der Waals surface area contributed by atoms with Crippen molar-refractivity contribution in [2.75, 3.05) is 5.32 Å². The summed E-state index contributed by atoms with van der Waals surface area (Å²) in [4.78, 5) is 12.2. The van der Waals surface area contributed by atoms with Gasteiger partial charge in [-0.25, -0.2) is 0 Å². The summed E-state index contributed by atoms with van der Waals surface area (Å²) in [5.41, 5.74) is 1.19. The monoisotopic (exact) mass is 337 g/mol. The van der Waals surface area contributed by atoms with E-state index in [4.69, 9.17) is 4.42 Å². The van der Waals surface area contributed by atoms with Gasteiger partial charge in [0.1, 0.15) is 10.6 Å². The van der Waals surface area contributed by atoms with Gasteiger partial charge in [0.05, 0.1) is 0 Å². The summed E-state index contributed by atoms with van der Waals surface area (Å²) in [6, 6.07) is 7.98. The van der Waals surface area contributed by atoms with Crippen LogP contribution < -0.4 is 10.1 Å². The zero-order chi connectivity index (χ0) is 16.2. The van der Waals surface area contributed by atoms with E-state index in [2.05, 4.69) is 20.3 Å². The average Bonchev–Trinajstić information content (AvgIpc) is 3.18. The van der Waals surface area contributed by atoms with Gasteiger partial charge in [-0.15, -0.1) is 21.5 Å². The van der Waals surface area contributed by atoms with E-state index >= 15 is 0 Å². The summed E-state index contributed by atoms with van der Waals surface area (Å²) in [5.74, 6) is -0.320. The highest BCUT2D eigenvalue weighted by Gasteiger charge is 2.17. The Morgan fingerprint density at radius 1 is 1.26 bits per heavy atom. The van der Waals surface area contributed by atoms with Crippen LogP contribution in [0.3, 0.4) is 0 Å². The average molecular weight is 337 g/mol. The number of aromatic nitrogens is 2. The van der Waals surface area contributed by atoms with Crippen molar-refractivity contribution in [2.24, 2.45) is 0 Å². The Balaban J connectivity index is 1.72. The normalized spacial score (nSPS) is 10.7. The first kappa shape index (κ1) is 15.1. The van der Waals surface area contributed by atoms with Crippen LogP contribution in [0.2, 0.25) is 0 Å². The van der Waals surface area contributed by atoms with Crippen molar-refractivity contribution in [1.29, 1.82) is 0 Å². The zero-order valence-corrected chi connectivity index (χ0v) is 12.2. The third-order valence-electron chi connectivity index (χ3n) is 2.80. The van der Waals surface area contributed by atoms with Crippen molar-refractivity contribution in [3.05, 3.63) is 47.0 Å². The van der Waals surface area contributed by atoms with Crippen LogP contribution in [0.4, 0.5) is 14.5 Å². The lowest BCUT2D eigenvalue weighted by atomic mass is 10.2. The van der Waals surface area contributed by atoms with Crippen LogP contribution in [0.25, 0.3) is 11.5 Å². The molecule has 0 saturated carbocycles. The predicted octanol–water partition coefficient (Wildman–Crippen LogP) is 3.65. The first-order valence-electron chi connectivity index (χ1n) is 6.34. The SMILES string of the molecule is O=C(Nc1ccc(-c2nnco2)cc1)c1sccc1OC(F)F. The van der Waals surface area contributed by atoms with Crippen LogP contribution in [0, 0.1) is 0 Å². The maximum atomic E-state index is 12.3. The van der Waals surface area contributed by atoms with Gasteiger partial charge < -0.3 is 14.5 Å². The molecular formula is C14H9F2N3O3S. The molecule has 0 spiro atoms. The van der Waals surface area contributed by atoms with Crippen molar-refractivity contribution >= 4 is 22.9 Å². The summed E-state index contributed by atoms with van der Waals surface area (Å²) >= 11 is 1.02. The highest BCUT2D eigenvalue weighted by molar-refractivity contribution is 7.12. The fourth-order valence-electron chi connectivity index (χ4n) is 1.83. The van der Waals surface area contributed by atoms with Gasteiger partial charge in [0, 0.05) is 11.3 Å². The molecule has 0 aliphatic heterocycles. The van der Waals surface area contributed by atoms with Crippen molar-refractivity contribution in [2.45, 2.75) is 6.61 Å². The number of anilines is 1. The molecule has 0 radical (unpaired) electrons. The van der Waals surface area contributed by atoms with E-state index in [1.807, 2.05) is 0 Å². The molecule has 23 heavy (non-hydrogen) atoms. The molecule has 1 N–H and O–H groups in total. The molecule has 9 heteroatoms. The number of thiophene rings is 1. The van der Waals surface area contributed by atoms with Crippen molar-refractivity contribution < 1.29 is 22.7 Å². The molecule has 0 atom stereocenters. The highest BCUT2D eigenvalue weighted by Crippen LogP contribution is 2.27. The molecule has 1 aromatic carbocycles. The Labute approximate surface area is 132 Å². The number of nitrogens with zero attached hydrogens (tertiary/aromatic N) is 2. The predicted molar refractivity (Wildman–Crippen MR) is 78.6 cm³/mol.